The minimum atomic E-state index is -0.228. The smallest absolute Gasteiger partial charge is 0.253 e. The first kappa shape index (κ1) is 10.6. The summed E-state index contributed by atoms with van der Waals surface area (Å²) in [4.78, 5) is 15.5. The van der Waals surface area contributed by atoms with Gasteiger partial charge in [-0.2, -0.15) is 5.10 Å². The summed E-state index contributed by atoms with van der Waals surface area (Å²) in [5, 5.41) is 9.52. The standard InChI is InChI=1S/C10H9ClN4O/c11-9-6-12-2-1-8(9)10(16)13-3-7-4-14-15-5-7/h1-2,4-6H,3H2,(H,13,16)(H,14,15). The maximum absolute atomic E-state index is 11.7. The Balaban J connectivity index is 2.01. The van der Waals surface area contributed by atoms with E-state index >= 15 is 0 Å². The largest absolute Gasteiger partial charge is 0.348 e. The molecule has 1 amide bonds. The first-order valence-corrected chi connectivity index (χ1v) is 5.00. The lowest BCUT2D eigenvalue weighted by Gasteiger charge is -2.04. The number of pyridine rings is 1. The molecule has 0 aliphatic heterocycles. The van der Waals surface area contributed by atoms with Crippen LogP contribution in [0.1, 0.15) is 15.9 Å². The van der Waals surface area contributed by atoms with Crippen LogP contribution in [0.15, 0.2) is 30.9 Å². The second-order valence-corrected chi connectivity index (χ2v) is 3.55. The molecule has 0 aromatic carbocycles. The number of hydrogen-bond acceptors (Lipinski definition) is 3. The zero-order chi connectivity index (χ0) is 11.4. The molecule has 2 rings (SSSR count). The maximum atomic E-state index is 11.7. The van der Waals surface area contributed by atoms with E-state index in [1.807, 2.05) is 0 Å². The molecule has 0 spiro atoms. The molecule has 0 saturated carbocycles. The van der Waals surface area contributed by atoms with Crippen LogP contribution in [0, 0.1) is 0 Å². The van der Waals surface area contributed by atoms with Crippen molar-refractivity contribution in [1.82, 2.24) is 20.5 Å². The van der Waals surface area contributed by atoms with Gasteiger partial charge in [-0.3, -0.25) is 14.9 Å². The SMILES string of the molecule is O=C(NCc1cn[nH]c1)c1ccncc1Cl. The topological polar surface area (TPSA) is 70.7 Å². The summed E-state index contributed by atoms with van der Waals surface area (Å²) in [7, 11) is 0. The number of halogens is 1. The Morgan fingerprint density at radius 2 is 2.38 bits per heavy atom. The van der Waals surface area contributed by atoms with Crippen molar-refractivity contribution in [2.75, 3.05) is 0 Å². The molecule has 82 valence electrons. The van der Waals surface area contributed by atoms with Crippen molar-refractivity contribution in [3.8, 4) is 0 Å². The molecule has 6 heteroatoms. The minimum absolute atomic E-state index is 0.228. The van der Waals surface area contributed by atoms with Crippen molar-refractivity contribution in [3.63, 3.8) is 0 Å². The highest BCUT2D eigenvalue weighted by Gasteiger charge is 2.09. The van der Waals surface area contributed by atoms with E-state index in [1.54, 1.807) is 18.5 Å². The molecule has 2 aromatic rings. The van der Waals surface area contributed by atoms with Crippen LogP contribution in [0.3, 0.4) is 0 Å². The molecule has 0 bridgehead atoms. The van der Waals surface area contributed by atoms with Gasteiger partial charge in [0.1, 0.15) is 0 Å². The second kappa shape index (κ2) is 4.76. The van der Waals surface area contributed by atoms with Crippen LogP contribution in [0.4, 0.5) is 0 Å². The fourth-order valence-corrected chi connectivity index (χ4v) is 1.42. The Hall–Kier alpha value is -1.88. The van der Waals surface area contributed by atoms with Crippen molar-refractivity contribution in [3.05, 3.63) is 47.0 Å². The van der Waals surface area contributed by atoms with Crippen molar-refractivity contribution in [2.45, 2.75) is 6.54 Å². The van der Waals surface area contributed by atoms with E-state index in [2.05, 4.69) is 20.5 Å². The summed E-state index contributed by atoms with van der Waals surface area (Å²) in [6.07, 6.45) is 6.33. The van der Waals surface area contributed by atoms with Gasteiger partial charge >= 0.3 is 0 Å². The summed E-state index contributed by atoms with van der Waals surface area (Å²) >= 11 is 5.84. The predicted octanol–water partition coefficient (Wildman–Crippen LogP) is 1.39. The van der Waals surface area contributed by atoms with Crippen LogP contribution in [0.2, 0.25) is 5.02 Å². The van der Waals surface area contributed by atoms with Gasteiger partial charge in [0, 0.05) is 30.7 Å². The van der Waals surface area contributed by atoms with Crippen LogP contribution >= 0.6 is 11.6 Å². The number of aromatic nitrogens is 3. The summed E-state index contributed by atoms with van der Waals surface area (Å²) < 4.78 is 0. The van der Waals surface area contributed by atoms with Crippen LogP contribution in [0.25, 0.3) is 0 Å². The first-order chi connectivity index (χ1) is 7.77. The number of nitrogens with zero attached hydrogens (tertiary/aromatic N) is 2. The fourth-order valence-electron chi connectivity index (χ4n) is 1.21. The Kier molecular flexibility index (Phi) is 3.16. The number of rotatable bonds is 3. The van der Waals surface area contributed by atoms with Gasteiger partial charge in [0.25, 0.3) is 5.91 Å². The zero-order valence-corrected chi connectivity index (χ0v) is 9.03. The van der Waals surface area contributed by atoms with Gasteiger partial charge < -0.3 is 5.32 Å². The lowest BCUT2D eigenvalue weighted by Crippen LogP contribution is -2.22. The molecule has 0 fully saturated rings. The van der Waals surface area contributed by atoms with Crippen LogP contribution < -0.4 is 5.32 Å². The predicted molar refractivity (Wildman–Crippen MR) is 59.0 cm³/mol. The third-order valence-electron chi connectivity index (χ3n) is 2.02. The number of H-pyrrole nitrogens is 1. The summed E-state index contributed by atoms with van der Waals surface area (Å²) in [6.45, 7) is 0.411. The van der Waals surface area contributed by atoms with Crippen molar-refractivity contribution >= 4 is 17.5 Å². The molecule has 0 aliphatic rings. The van der Waals surface area contributed by atoms with Crippen molar-refractivity contribution in [1.29, 1.82) is 0 Å². The van der Waals surface area contributed by atoms with Gasteiger partial charge in [0.15, 0.2) is 0 Å². The molecule has 0 saturated heterocycles. The average molecular weight is 237 g/mol. The molecule has 0 unspecified atom stereocenters. The highest BCUT2D eigenvalue weighted by atomic mass is 35.5. The molecule has 0 atom stereocenters. The van der Waals surface area contributed by atoms with Crippen molar-refractivity contribution in [2.24, 2.45) is 0 Å². The lowest BCUT2D eigenvalue weighted by molar-refractivity contribution is 0.0951. The third kappa shape index (κ3) is 2.38. The molecule has 2 N–H and O–H groups in total. The summed E-state index contributed by atoms with van der Waals surface area (Å²) in [6, 6.07) is 1.58. The zero-order valence-electron chi connectivity index (χ0n) is 8.27. The third-order valence-corrected chi connectivity index (χ3v) is 2.33. The molecule has 5 nitrogen and oxygen atoms in total. The van der Waals surface area contributed by atoms with Crippen molar-refractivity contribution < 1.29 is 4.79 Å². The highest BCUT2D eigenvalue weighted by Crippen LogP contribution is 2.12. The van der Waals surface area contributed by atoms with E-state index in [-0.39, 0.29) is 5.91 Å². The van der Waals surface area contributed by atoms with E-state index < -0.39 is 0 Å². The summed E-state index contributed by atoms with van der Waals surface area (Å²) in [5.41, 5.74) is 1.32. The summed E-state index contributed by atoms with van der Waals surface area (Å²) in [5.74, 6) is -0.228. The molecule has 0 aliphatic carbocycles. The van der Waals surface area contributed by atoms with E-state index in [0.717, 1.165) is 5.56 Å². The number of carbonyl (C=O) groups excluding carboxylic acids is 1. The van der Waals surface area contributed by atoms with E-state index in [9.17, 15) is 4.79 Å². The van der Waals surface area contributed by atoms with Crippen LogP contribution in [-0.4, -0.2) is 21.1 Å². The monoisotopic (exact) mass is 236 g/mol. The molecular formula is C10H9ClN4O. The van der Waals surface area contributed by atoms with Gasteiger partial charge in [-0.25, -0.2) is 0 Å². The molecular weight excluding hydrogens is 228 g/mol. The lowest BCUT2D eigenvalue weighted by atomic mass is 10.2. The fraction of sp³-hybridized carbons (Fsp3) is 0.100. The first-order valence-electron chi connectivity index (χ1n) is 4.63. The number of aromatic amines is 1. The quantitative estimate of drug-likeness (QED) is 0.846. The number of amides is 1. The number of nitrogens with one attached hydrogen (secondary N) is 2. The molecule has 0 radical (unpaired) electrons. The Bertz CT molecular complexity index is 483. The van der Waals surface area contributed by atoms with Gasteiger partial charge in [-0.05, 0) is 6.07 Å². The second-order valence-electron chi connectivity index (χ2n) is 3.14. The van der Waals surface area contributed by atoms with Crippen LogP contribution in [0.5, 0.6) is 0 Å². The Morgan fingerprint density at radius 1 is 1.50 bits per heavy atom. The molecule has 2 aromatic heterocycles. The average Bonchev–Trinajstić information content (AvgIpc) is 2.79. The highest BCUT2D eigenvalue weighted by molar-refractivity contribution is 6.33. The van der Waals surface area contributed by atoms with Gasteiger partial charge in [0.2, 0.25) is 0 Å². The van der Waals surface area contributed by atoms with Crippen LogP contribution in [-0.2, 0) is 6.54 Å². The molecule has 16 heavy (non-hydrogen) atoms. The minimum Gasteiger partial charge on any atom is -0.348 e. The molecule has 2 heterocycles. The van der Waals surface area contributed by atoms with Gasteiger partial charge in [-0.1, -0.05) is 11.6 Å². The maximum Gasteiger partial charge on any atom is 0.253 e. The number of carbonyl (C=O) groups is 1. The van der Waals surface area contributed by atoms with E-state index in [1.165, 1.54) is 12.4 Å². The van der Waals surface area contributed by atoms with Gasteiger partial charge in [0.05, 0.1) is 16.8 Å². The Morgan fingerprint density at radius 3 is 3.06 bits per heavy atom. The van der Waals surface area contributed by atoms with E-state index in [4.69, 9.17) is 11.6 Å². The number of hydrogen-bond donors (Lipinski definition) is 2. The Labute approximate surface area is 96.8 Å². The normalized spacial score (nSPS) is 10.1. The van der Waals surface area contributed by atoms with E-state index in [0.29, 0.717) is 17.1 Å². The van der Waals surface area contributed by atoms with Gasteiger partial charge in [-0.15, -0.1) is 0 Å².